The maximum absolute atomic E-state index is 3.40. The largest absolute Gasteiger partial charge is 0.316 e. The highest BCUT2D eigenvalue weighted by molar-refractivity contribution is 7.98. The molecule has 1 unspecified atom stereocenters. The molecule has 1 N–H and O–H groups in total. The number of rotatable bonds is 2. The number of nitrogens with one attached hydrogen (secondary N) is 1. The first-order valence-corrected chi connectivity index (χ1v) is 5.97. The number of hydrogen-bond donors (Lipinski definition) is 1. The minimum atomic E-state index is 0.743. The van der Waals surface area contributed by atoms with E-state index < -0.39 is 0 Å². The van der Waals surface area contributed by atoms with Gasteiger partial charge >= 0.3 is 0 Å². The fourth-order valence-corrected chi connectivity index (χ4v) is 2.30. The van der Waals surface area contributed by atoms with Crippen molar-refractivity contribution >= 4 is 11.8 Å². The summed E-state index contributed by atoms with van der Waals surface area (Å²) < 4.78 is 0. The predicted molar refractivity (Wildman–Crippen MR) is 58.5 cm³/mol. The summed E-state index contributed by atoms with van der Waals surface area (Å²) in [4.78, 5) is 1.38. The highest BCUT2D eigenvalue weighted by Gasteiger charge is 2.16. The maximum atomic E-state index is 3.40. The molecule has 0 spiro atoms. The van der Waals surface area contributed by atoms with E-state index in [0.29, 0.717) is 0 Å². The van der Waals surface area contributed by atoms with Gasteiger partial charge < -0.3 is 5.32 Å². The summed E-state index contributed by atoms with van der Waals surface area (Å²) in [6, 6.07) is 8.91. The summed E-state index contributed by atoms with van der Waals surface area (Å²) in [6.07, 6.45) is 3.42. The van der Waals surface area contributed by atoms with Crippen LogP contribution in [0, 0.1) is 0 Å². The van der Waals surface area contributed by atoms with Crippen LogP contribution in [-0.4, -0.2) is 19.3 Å². The fraction of sp³-hybridized carbons (Fsp3) is 0.455. The minimum Gasteiger partial charge on any atom is -0.316 e. The van der Waals surface area contributed by atoms with E-state index in [1.165, 1.54) is 23.4 Å². The Labute approximate surface area is 83.9 Å². The summed E-state index contributed by atoms with van der Waals surface area (Å²) in [5, 5.41) is 3.40. The molecule has 0 bridgehead atoms. The van der Waals surface area contributed by atoms with Gasteiger partial charge in [-0.15, -0.1) is 11.8 Å². The number of hydrogen-bond acceptors (Lipinski definition) is 2. The lowest BCUT2D eigenvalue weighted by molar-refractivity contribution is 0.761. The van der Waals surface area contributed by atoms with Crippen LogP contribution in [0.15, 0.2) is 29.2 Å². The van der Waals surface area contributed by atoms with Crippen molar-refractivity contribution in [2.75, 3.05) is 19.3 Å². The van der Waals surface area contributed by atoms with Crippen molar-refractivity contribution in [2.45, 2.75) is 17.2 Å². The normalized spacial score (nSPS) is 22.1. The van der Waals surface area contributed by atoms with Crippen LogP contribution in [0.1, 0.15) is 17.9 Å². The molecule has 1 nitrogen and oxygen atoms in total. The second kappa shape index (κ2) is 4.16. The molecule has 1 saturated heterocycles. The van der Waals surface area contributed by atoms with Gasteiger partial charge in [-0.3, -0.25) is 0 Å². The molecular formula is C11H15NS. The highest BCUT2D eigenvalue weighted by Crippen LogP contribution is 2.25. The Kier molecular flexibility index (Phi) is 2.91. The summed E-state index contributed by atoms with van der Waals surface area (Å²) >= 11 is 1.82. The molecule has 1 atom stereocenters. The third-order valence-corrected chi connectivity index (χ3v) is 3.35. The monoisotopic (exact) mass is 193 g/mol. The van der Waals surface area contributed by atoms with Crippen LogP contribution in [0.4, 0.5) is 0 Å². The average Bonchev–Trinajstić information content (AvgIpc) is 2.71. The molecule has 13 heavy (non-hydrogen) atoms. The lowest BCUT2D eigenvalue weighted by Crippen LogP contribution is -2.07. The van der Waals surface area contributed by atoms with E-state index >= 15 is 0 Å². The van der Waals surface area contributed by atoms with Gasteiger partial charge in [0.2, 0.25) is 0 Å². The van der Waals surface area contributed by atoms with Crippen LogP contribution in [0.25, 0.3) is 0 Å². The molecule has 1 aromatic carbocycles. The van der Waals surface area contributed by atoms with Crippen molar-refractivity contribution in [3.05, 3.63) is 29.8 Å². The zero-order chi connectivity index (χ0) is 9.10. The van der Waals surface area contributed by atoms with Gasteiger partial charge in [-0.05, 0) is 42.8 Å². The zero-order valence-electron chi connectivity index (χ0n) is 7.92. The number of thioether (sulfide) groups is 1. The molecule has 2 heteroatoms. The molecule has 1 aromatic rings. The summed E-state index contributed by atoms with van der Waals surface area (Å²) in [7, 11) is 0. The van der Waals surface area contributed by atoms with Gasteiger partial charge in [-0.25, -0.2) is 0 Å². The van der Waals surface area contributed by atoms with Gasteiger partial charge in [-0.2, -0.15) is 0 Å². The van der Waals surface area contributed by atoms with Gasteiger partial charge in [0, 0.05) is 11.4 Å². The Morgan fingerprint density at radius 1 is 1.46 bits per heavy atom. The topological polar surface area (TPSA) is 12.0 Å². The van der Waals surface area contributed by atoms with Crippen LogP contribution in [0.2, 0.25) is 0 Å². The third-order valence-electron chi connectivity index (χ3n) is 2.63. The molecule has 0 radical (unpaired) electrons. The smallest absolute Gasteiger partial charge is 0.00719 e. The SMILES string of the molecule is CSc1cccc(C2CCNC2)c1. The van der Waals surface area contributed by atoms with Crippen molar-refractivity contribution in [3.63, 3.8) is 0 Å². The van der Waals surface area contributed by atoms with E-state index in [2.05, 4.69) is 35.8 Å². The molecule has 1 heterocycles. The average molecular weight is 193 g/mol. The van der Waals surface area contributed by atoms with Crippen LogP contribution in [0.5, 0.6) is 0 Å². The van der Waals surface area contributed by atoms with Crippen molar-refractivity contribution in [1.29, 1.82) is 0 Å². The maximum Gasteiger partial charge on any atom is 0.00719 e. The van der Waals surface area contributed by atoms with Crippen LogP contribution in [-0.2, 0) is 0 Å². The van der Waals surface area contributed by atoms with Gasteiger partial charge in [-0.1, -0.05) is 12.1 Å². The molecule has 1 fully saturated rings. The Bertz CT molecular complexity index is 279. The molecule has 2 rings (SSSR count). The van der Waals surface area contributed by atoms with E-state index in [0.717, 1.165) is 12.5 Å². The minimum absolute atomic E-state index is 0.743. The molecule has 1 aliphatic heterocycles. The lowest BCUT2D eigenvalue weighted by Gasteiger charge is -2.09. The van der Waals surface area contributed by atoms with Crippen molar-refractivity contribution < 1.29 is 0 Å². The van der Waals surface area contributed by atoms with Gasteiger partial charge in [0.15, 0.2) is 0 Å². The Balaban J connectivity index is 2.18. The molecule has 0 saturated carbocycles. The predicted octanol–water partition coefficient (Wildman–Crippen LogP) is 2.49. The van der Waals surface area contributed by atoms with Gasteiger partial charge in [0.25, 0.3) is 0 Å². The lowest BCUT2D eigenvalue weighted by atomic mass is 9.99. The first-order valence-electron chi connectivity index (χ1n) is 4.75. The summed E-state index contributed by atoms with van der Waals surface area (Å²) in [5.74, 6) is 0.743. The summed E-state index contributed by atoms with van der Waals surface area (Å²) in [5.41, 5.74) is 1.50. The van der Waals surface area contributed by atoms with E-state index in [9.17, 15) is 0 Å². The van der Waals surface area contributed by atoms with E-state index in [4.69, 9.17) is 0 Å². The second-order valence-corrected chi connectivity index (χ2v) is 4.35. The molecule has 70 valence electrons. The van der Waals surface area contributed by atoms with Crippen molar-refractivity contribution in [3.8, 4) is 0 Å². The van der Waals surface area contributed by atoms with Crippen molar-refractivity contribution in [2.24, 2.45) is 0 Å². The Hall–Kier alpha value is -0.470. The molecule has 0 aliphatic carbocycles. The van der Waals surface area contributed by atoms with Crippen molar-refractivity contribution in [1.82, 2.24) is 5.32 Å². The van der Waals surface area contributed by atoms with E-state index in [1.54, 1.807) is 0 Å². The second-order valence-electron chi connectivity index (χ2n) is 3.47. The molecule has 0 aromatic heterocycles. The quantitative estimate of drug-likeness (QED) is 0.724. The molecule has 1 aliphatic rings. The Morgan fingerprint density at radius 3 is 3.08 bits per heavy atom. The first kappa shape index (κ1) is 9.10. The summed E-state index contributed by atoms with van der Waals surface area (Å²) in [6.45, 7) is 2.33. The zero-order valence-corrected chi connectivity index (χ0v) is 8.73. The van der Waals surface area contributed by atoms with Gasteiger partial charge in [0.1, 0.15) is 0 Å². The van der Waals surface area contributed by atoms with Crippen LogP contribution in [0.3, 0.4) is 0 Å². The highest BCUT2D eigenvalue weighted by atomic mass is 32.2. The van der Waals surface area contributed by atoms with Crippen LogP contribution >= 0.6 is 11.8 Å². The van der Waals surface area contributed by atoms with Gasteiger partial charge in [0.05, 0.1) is 0 Å². The first-order chi connectivity index (χ1) is 6.40. The van der Waals surface area contributed by atoms with E-state index in [1.807, 2.05) is 11.8 Å². The molecule has 0 amide bonds. The third kappa shape index (κ3) is 2.06. The Morgan fingerprint density at radius 2 is 2.38 bits per heavy atom. The fourth-order valence-electron chi connectivity index (χ4n) is 1.83. The standard InChI is InChI=1S/C11H15NS/c1-13-11-4-2-3-9(7-11)10-5-6-12-8-10/h2-4,7,10,12H,5-6,8H2,1H3. The van der Waals surface area contributed by atoms with E-state index in [-0.39, 0.29) is 0 Å². The number of benzene rings is 1. The molecular weight excluding hydrogens is 178 g/mol. The van der Waals surface area contributed by atoms with Crippen LogP contribution < -0.4 is 5.32 Å².